The van der Waals surface area contributed by atoms with Crippen molar-refractivity contribution in [2.45, 2.75) is 48.8 Å². The largest absolute Gasteiger partial charge is 0.455 e. The van der Waals surface area contributed by atoms with Gasteiger partial charge in [-0.05, 0) is 64.1 Å². The summed E-state index contributed by atoms with van der Waals surface area (Å²) >= 11 is 1.89. The van der Waals surface area contributed by atoms with Crippen LogP contribution in [0.4, 0.5) is 0 Å². The van der Waals surface area contributed by atoms with E-state index in [9.17, 15) is 0 Å². The molecule has 0 bridgehead atoms. The van der Waals surface area contributed by atoms with Gasteiger partial charge in [0.15, 0.2) is 0 Å². The molecule has 4 unspecified atom stereocenters. The van der Waals surface area contributed by atoms with Crippen molar-refractivity contribution >= 4 is 50.2 Å². The number of thioether (sulfide) groups is 1. The molecule has 5 heteroatoms. The number of benzene rings is 5. The number of fused-ring (bicyclic) bond motifs is 8. The Morgan fingerprint density at radius 3 is 2.39 bits per heavy atom. The van der Waals surface area contributed by atoms with Crippen LogP contribution in [0.25, 0.3) is 72.1 Å². The first-order valence-corrected chi connectivity index (χ1v) is 22.5. The first-order valence-electron chi connectivity index (χ1n) is 21.7. The van der Waals surface area contributed by atoms with Gasteiger partial charge in [-0.25, -0.2) is 15.0 Å². The summed E-state index contributed by atoms with van der Waals surface area (Å²) in [5.41, 5.74) is 13.9. The molecule has 5 aromatic carbocycles. The van der Waals surface area contributed by atoms with Crippen molar-refractivity contribution in [2.75, 3.05) is 0 Å². The molecule has 0 radical (unpaired) electrons. The van der Waals surface area contributed by atoms with E-state index in [2.05, 4.69) is 184 Å². The summed E-state index contributed by atoms with van der Waals surface area (Å²) in [7, 11) is 0. The minimum absolute atomic E-state index is 0.0598. The van der Waals surface area contributed by atoms with Crippen LogP contribution in [0.5, 0.6) is 0 Å². The zero-order valence-electron chi connectivity index (χ0n) is 34.6. The summed E-state index contributed by atoms with van der Waals surface area (Å²) in [5.74, 6) is 1.48. The van der Waals surface area contributed by atoms with E-state index in [4.69, 9.17) is 19.4 Å². The maximum absolute atomic E-state index is 6.48. The number of aromatic nitrogens is 3. The monoisotopic (exact) mass is 817 g/mol. The van der Waals surface area contributed by atoms with Gasteiger partial charge in [0, 0.05) is 55.0 Å². The van der Waals surface area contributed by atoms with Crippen molar-refractivity contribution < 1.29 is 4.42 Å². The second-order valence-corrected chi connectivity index (χ2v) is 18.4. The molecule has 4 heterocycles. The van der Waals surface area contributed by atoms with E-state index >= 15 is 0 Å². The molecule has 0 spiro atoms. The molecule has 298 valence electrons. The second kappa shape index (κ2) is 14.7. The topological polar surface area (TPSA) is 51.8 Å². The average Bonchev–Trinajstić information content (AvgIpc) is 3.91. The number of pyridine rings is 1. The van der Waals surface area contributed by atoms with Crippen LogP contribution in [0.1, 0.15) is 61.2 Å². The molecule has 4 atom stereocenters. The second-order valence-electron chi connectivity index (χ2n) is 17.3. The van der Waals surface area contributed by atoms with Crippen LogP contribution in [0.2, 0.25) is 0 Å². The Labute approximate surface area is 365 Å². The Hall–Kier alpha value is -6.82. The van der Waals surface area contributed by atoms with Gasteiger partial charge in [0.05, 0.1) is 22.6 Å². The quantitative estimate of drug-likeness (QED) is 0.167. The summed E-state index contributed by atoms with van der Waals surface area (Å²) in [6, 6.07) is 43.3. The van der Waals surface area contributed by atoms with Gasteiger partial charge < -0.3 is 4.42 Å². The summed E-state index contributed by atoms with van der Waals surface area (Å²) in [6.07, 6.45) is 24.4. The molecule has 62 heavy (non-hydrogen) atoms. The number of furan rings is 1. The average molecular weight is 818 g/mol. The number of allylic oxidation sites excluding steroid dienone is 12. The van der Waals surface area contributed by atoms with Gasteiger partial charge >= 0.3 is 0 Å². The maximum Gasteiger partial charge on any atom is 0.143 e. The number of nitrogens with zero attached hydrogens (tertiary/aromatic N) is 3. The zero-order valence-corrected chi connectivity index (χ0v) is 35.4. The molecule has 0 saturated carbocycles. The van der Waals surface area contributed by atoms with Gasteiger partial charge in [0.25, 0.3) is 0 Å². The summed E-state index contributed by atoms with van der Waals surface area (Å²) in [5, 5.41) is 3.50. The fourth-order valence-electron chi connectivity index (χ4n) is 9.89. The van der Waals surface area contributed by atoms with Crippen LogP contribution in [0.15, 0.2) is 196 Å². The molecule has 0 saturated heterocycles. The lowest BCUT2D eigenvalue weighted by molar-refractivity contribution is 0.552. The lowest BCUT2D eigenvalue weighted by Crippen LogP contribution is -2.24. The van der Waals surface area contributed by atoms with Gasteiger partial charge in [-0.1, -0.05) is 189 Å². The predicted octanol–water partition coefficient (Wildman–Crippen LogP) is 15.1. The van der Waals surface area contributed by atoms with Crippen LogP contribution in [0.3, 0.4) is 0 Å². The highest BCUT2D eigenvalue weighted by Crippen LogP contribution is 2.56. The Morgan fingerprint density at radius 1 is 0.710 bits per heavy atom. The van der Waals surface area contributed by atoms with E-state index in [1.54, 1.807) is 0 Å². The van der Waals surface area contributed by atoms with E-state index in [0.29, 0.717) is 5.92 Å². The third-order valence-corrected chi connectivity index (χ3v) is 14.6. The number of hydrogen-bond acceptors (Lipinski definition) is 5. The van der Waals surface area contributed by atoms with E-state index in [0.717, 1.165) is 85.5 Å². The van der Waals surface area contributed by atoms with Crippen LogP contribution >= 0.6 is 11.8 Å². The van der Waals surface area contributed by atoms with Crippen LogP contribution in [-0.2, 0) is 5.41 Å². The third kappa shape index (κ3) is 6.17. The summed E-state index contributed by atoms with van der Waals surface area (Å²) in [4.78, 5) is 18.7. The molecule has 8 aromatic rings. The Kier molecular flexibility index (Phi) is 8.75. The highest BCUT2D eigenvalue weighted by atomic mass is 32.2. The molecule has 1 aliphatic heterocycles. The highest BCUT2D eigenvalue weighted by Gasteiger charge is 2.34. The van der Waals surface area contributed by atoms with Crippen LogP contribution < -0.4 is 0 Å². The first kappa shape index (κ1) is 37.0. The van der Waals surface area contributed by atoms with Crippen molar-refractivity contribution in [1.82, 2.24) is 15.0 Å². The smallest absolute Gasteiger partial charge is 0.143 e. The molecular formula is C57H43N3OS. The fraction of sp³-hybridized carbons (Fsp3) is 0.140. The normalized spacial score (nSPS) is 21.4. The van der Waals surface area contributed by atoms with E-state index in [-0.39, 0.29) is 17.3 Å². The third-order valence-electron chi connectivity index (χ3n) is 13.3. The molecule has 4 nitrogen and oxygen atoms in total. The zero-order chi connectivity index (χ0) is 41.4. The van der Waals surface area contributed by atoms with Gasteiger partial charge in [-0.2, -0.15) is 0 Å². The predicted molar refractivity (Wildman–Crippen MR) is 257 cm³/mol. The molecule has 12 rings (SSSR count). The van der Waals surface area contributed by atoms with E-state index in [1.165, 1.54) is 31.9 Å². The number of hydrogen-bond donors (Lipinski definition) is 0. The van der Waals surface area contributed by atoms with Gasteiger partial charge in [0.2, 0.25) is 0 Å². The Balaban J connectivity index is 0.893. The van der Waals surface area contributed by atoms with Crippen molar-refractivity contribution in [3.63, 3.8) is 0 Å². The number of para-hydroxylation sites is 2. The number of rotatable bonds is 6. The maximum atomic E-state index is 6.48. The fourth-order valence-corrected chi connectivity index (χ4v) is 11.3. The van der Waals surface area contributed by atoms with E-state index < -0.39 is 0 Å². The van der Waals surface area contributed by atoms with Gasteiger partial charge in [-0.15, -0.1) is 0 Å². The molecule has 0 amide bonds. The van der Waals surface area contributed by atoms with Crippen molar-refractivity contribution in [1.29, 1.82) is 0 Å². The minimum atomic E-state index is -0.183. The lowest BCUT2D eigenvalue weighted by atomic mass is 9.79. The summed E-state index contributed by atoms with van der Waals surface area (Å²) in [6.45, 7) is 4.57. The van der Waals surface area contributed by atoms with Crippen LogP contribution in [-0.4, -0.2) is 15.0 Å². The molecule has 0 N–H and O–H groups in total. The Bertz CT molecular complexity index is 3310. The lowest BCUT2D eigenvalue weighted by Gasteiger charge is -2.29. The minimum Gasteiger partial charge on any atom is -0.455 e. The van der Waals surface area contributed by atoms with E-state index in [1.807, 2.05) is 23.9 Å². The van der Waals surface area contributed by atoms with Crippen LogP contribution in [0, 0.1) is 5.92 Å². The SMILES string of the molecule is CC1C=C(c2ccc(-c3nc4cc(-c5cccc6c5oc5ccccc56)ccc4c4c3SC3=CC=CCC34)cc2)C=CC1c1nc(-c2ccccc2)cc(C2(C)C=CC=CC2)n1. The van der Waals surface area contributed by atoms with Crippen molar-refractivity contribution in [3.05, 3.63) is 210 Å². The first-order chi connectivity index (χ1) is 30.5. The molecule has 4 aliphatic rings. The molecule has 3 aliphatic carbocycles. The molecule has 3 aromatic heterocycles. The molecule has 0 fully saturated rings. The Morgan fingerprint density at radius 2 is 1.53 bits per heavy atom. The van der Waals surface area contributed by atoms with Crippen molar-refractivity contribution in [3.8, 4) is 33.6 Å². The van der Waals surface area contributed by atoms with Gasteiger partial charge in [0.1, 0.15) is 17.0 Å². The highest BCUT2D eigenvalue weighted by molar-refractivity contribution is 8.03. The standard InChI is InChI=1S/C57H43N3OS/c1-35-32-39(26-28-41(35)56-59-47(37-14-5-3-6-15-37)34-51(60-56)57(2)30-11-4-12-31-57)36-22-24-38(25-23-36)53-55-52(46-17-8-10-21-50(46)62-55)45-29-27-40(33-48(45)58-53)42-18-13-19-44-43-16-7-9-20-49(43)61-54(42)44/h3-16,18-30,32-35,41,46H,17,31H2,1-2H3. The summed E-state index contributed by atoms with van der Waals surface area (Å²) < 4.78 is 6.48. The molecular weight excluding hydrogens is 775 g/mol. The van der Waals surface area contributed by atoms with Gasteiger partial charge in [-0.3, -0.25) is 0 Å². The van der Waals surface area contributed by atoms with Crippen molar-refractivity contribution in [2.24, 2.45) is 5.92 Å².